The van der Waals surface area contributed by atoms with E-state index in [4.69, 9.17) is 4.52 Å². The molecule has 0 aromatic carbocycles. The van der Waals surface area contributed by atoms with Crippen LogP contribution < -0.4 is 5.32 Å². The van der Waals surface area contributed by atoms with Crippen LogP contribution in [0.3, 0.4) is 0 Å². The Morgan fingerprint density at radius 1 is 1.17 bits per heavy atom. The summed E-state index contributed by atoms with van der Waals surface area (Å²) in [5.41, 5.74) is 1.82. The standard InChI is InChI=1S/C17H17N5O2/c23-17(13-8-14(24-21-13)10-4-5-10)18-12-6-7-15-19-20-16(22(15)9-12)11-2-1-3-11/h6-11H,1-5H2,(H,18,23). The van der Waals surface area contributed by atoms with Crippen molar-refractivity contribution >= 4 is 17.2 Å². The topological polar surface area (TPSA) is 85.3 Å². The minimum atomic E-state index is -0.261. The maximum Gasteiger partial charge on any atom is 0.277 e. The van der Waals surface area contributed by atoms with E-state index in [1.807, 2.05) is 22.7 Å². The zero-order chi connectivity index (χ0) is 16.1. The summed E-state index contributed by atoms with van der Waals surface area (Å²) in [4.78, 5) is 12.4. The van der Waals surface area contributed by atoms with E-state index in [1.165, 1.54) is 6.42 Å². The number of rotatable bonds is 4. The van der Waals surface area contributed by atoms with E-state index in [-0.39, 0.29) is 5.91 Å². The van der Waals surface area contributed by atoms with Gasteiger partial charge in [0.05, 0.1) is 5.69 Å². The number of aromatic nitrogens is 4. The van der Waals surface area contributed by atoms with Crippen LogP contribution in [0.1, 0.15) is 66.0 Å². The van der Waals surface area contributed by atoms with Crippen molar-refractivity contribution in [1.29, 1.82) is 0 Å². The summed E-state index contributed by atoms with van der Waals surface area (Å²) in [7, 11) is 0. The molecule has 3 heterocycles. The molecular formula is C17H17N5O2. The van der Waals surface area contributed by atoms with Crippen molar-refractivity contribution in [3.8, 4) is 0 Å². The quantitative estimate of drug-likeness (QED) is 0.797. The summed E-state index contributed by atoms with van der Waals surface area (Å²) in [5.74, 6) is 2.44. The van der Waals surface area contributed by atoms with Crippen LogP contribution in [0.2, 0.25) is 0 Å². The molecule has 7 nitrogen and oxygen atoms in total. The van der Waals surface area contributed by atoms with E-state index in [2.05, 4.69) is 20.7 Å². The molecule has 3 aromatic heterocycles. The summed E-state index contributed by atoms with van der Waals surface area (Å²) in [5, 5.41) is 15.3. The van der Waals surface area contributed by atoms with Crippen molar-refractivity contribution in [3.05, 3.63) is 41.7 Å². The Morgan fingerprint density at radius 3 is 2.79 bits per heavy atom. The molecule has 0 aliphatic heterocycles. The number of hydrogen-bond acceptors (Lipinski definition) is 5. The minimum Gasteiger partial charge on any atom is -0.360 e. The number of pyridine rings is 1. The Hall–Kier alpha value is -2.70. The van der Waals surface area contributed by atoms with E-state index in [0.29, 0.717) is 23.2 Å². The SMILES string of the molecule is O=C(Nc1ccc2nnc(C3CCC3)n2c1)c1cc(C2CC2)on1. The van der Waals surface area contributed by atoms with Crippen molar-refractivity contribution in [2.24, 2.45) is 0 Å². The van der Waals surface area contributed by atoms with Gasteiger partial charge in [0.1, 0.15) is 11.6 Å². The molecule has 5 rings (SSSR count). The third-order valence-electron chi connectivity index (χ3n) is 4.90. The highest BCUT2D eigenvalue weighted by molar-refractivity contribution is 6.02. The van der Waals surface area contributed by atoms with E-state index >= 15 is 0 Å². The average molecular weight is 323 g/mol. The van der Waals surface area contributed by atoms with Gasteiger partial charge in [-0.2, -0.15) is 0 Å². The average Bonchev–Trinajstić information content (AvgIpc) is 3.13. The van der Waals surface area contributed by atoms with Crippen molar-refractivity contribution in [3.63, 3.8) is 0 Å². The smallest absolute Gasteiger partial charge is 0.277 e. The van der Waals surface area contributed by atoms with E-state index in [0.717, 1.165) is 42.9 Å². The van der Waals surface area contributed by atoms with Gasteiger partial charge in [0.15, 0.2) is 11.3 Å². The van der Waals surface area contributed by atoms with Gasteiger partial charge < -0.3 is 9.84 Å². The Labute approximate surface area is 138 Å². The largest absolute Gasteiger partial charge is 0.360 e. The molecule has 0 radical (unpaired) electrons. The first-order valence-corrected chi connectivity index (χ1v) is 8.40. The fraction of sp³-hybridized carbons (Fsp3) is 0.412. The summed E-state index contributed by atoms with van der Waals surface area (Å²) in [6.07, 6.45) is 7.66. The molecule has 24 heavy (non-hydrogen) atoms. The molecule has 2 saturated carbocycles. The molecule has 0 saturated heterocycles. The summed E-state index contributed by atoms with van der Waals surface area (Å²) >= 11 is 0. The normalized spacial score (nSPS) is 17.8. The Balaban J connectivity index is 1.40. The molecule has 2 aliphatic carbocycles. The van der Waals surface area contributed by atoms with Crippen LogP contribution in [0.4, 0.5) is 5.69 Å². The van der Waals surface area contributed by atoms with Crippen molar-refractivity contribution < 1.29 is 9.32 Å². The zero-order valence-electron chi connectivity index (χ0n) is 13.1. The predicted molar refractivity (Wildman–Crippen MR) is 86.0 cm³/mol. The van der Waals surface area contributed by atoms with Crippen molar-refractivity contribution in [2.75, 3.05) is 5.32 Å². The number of amides is 1. The molecule has 0 unspecified atom stereocenters. The number of nitrogens with zero attached hydrogens (tertiary/aromatic N) is 4. The van der Waals surface area contributed by atoms with Crippen LogP contribution in [0.5, 0.6) is 0 Å². The fourth-order valence-corrected chi connectivity index (χ4v) is 3.08. The monoisotopic (exact) mass is 323 g/mol. The lowest BCUT2D eigenvalue weighted by Gasteiger charge is -2.23. The Bertz CT molecular complexity index is 920. The molecule has 3 aromatic rings. The summed E-state index contributed by atoms with van der Waals surface area (Å²) in [6.45, 7) is 0. The third-order valence-corrected chi connectivity index (χ3v) is 4.90. The first-order chi connectivity index (χ1) is 11.8. The highest BCUT2D eigenvalue weighted by atomic mass is 16.5. The molecule has 0 bridgehead atoms. The first kappa shape index (κ1) is 13.7. The number of nitrogens with one attached hydrogen (secondary N) is 1. The van der Waals surface area contributed by atoms with Gasteiger partial charge in [-0.1, -0.05) is 11.6 Å². The van der Waals surface area contributed by atoms with Crippen molar-refractivity contribution in [1.82, 2.24) is 19.8 Å². The van der Waals surface area contributed by atoms with Gasteiger partial charge in [0, 0.05) is 24.1 Å². The van der Waals surface area contributed by atoms with Crippen LogP contribution in [0.25, 0.3) is 5.65 Å². The van der Waals surface area contributed by atoms with Gasteiger partial charge >= 0.3 is 0 Å². The summed E-state index contributed by atoms with van der Waals surface area (Å²) in [6, 6.07) is 5.43. The number of fused-ring (bicyclic) bond motifs is 1. The molecule has 2 aliphatic rings. The molecule has 2 fully saturated rings. The van der Waals surface area contributed by atoms with Gasteiger partial charge in [-0.05, 0) is 37.8 Å². The highest BCUT2D eigenvalue weighted by Crippen LogP contribution is 2.40. The molecule has 1 amide bonds. The number of carbonyl (C=O) groups is 1. The van der Waals surface area contributed by atoms with E-state index < -0.39 is 0 Å². The number of hydrogen-bond donors (Lipinski definition) is 1. The second kappa shape index (κ2) is 5.15. The highest BCUT2D eigenvalue weighted by Gasteiger charge is 2.29. The molecule has 0 atom stereocenters. The zero-order valence-corrected chi connectivity index (χ0v) is 13.1. The third kappa shape index (κ3) is 2.28. The maximum absolute atomic E-state index is 12.4. The van der Waals surface area contributed by atoms with Crippen LogP contribution >= 0.6 is 0 Å². The summed E-state index contributed by atoms with van der Waals surface area (Å²) < 4.78 is 7.21. The van der Waals surface area contributed by atoms with Gasteiger partial charge in [0.2, 0.25) is 0 Å². The molecule has 0 spiro atoms. The van der Waals surface area contributed by atoms with Gasteiger partial charge in [-0.3, -0.25) is 9.20 Å². The van der Waals surface area contributed by atoms with Crippen LogP contribution in [0.15, 0.2) is 28.9 Å². The lowest BCUT2D eigenvalue weighted by Crippen LogP contribution is -2.14. The van der Waals surface area contributed by atoms with E-state index in [1.54, 1.807) is 6.07 Å². The minimum absolute atomic E-state index is 0.261. The first-order valence-electron chi connectivity index (χ1n) is 8.40. The Morgan fingerprint density at radius 2 is 2.04 bits per heavy atom. The lowest BCUT2D eigenvalue weighted by molar-refractivity contribution is 0.101. The second-order valence-corrected chi connectivity index (χ2v) is 6.67. The molecule has 7 heteroatoms. The van der Waals surface area contributed by atoms with Gasteiger partial charge in [-0.25, -0.2) is 0 Å². The Kier molecular flexibility index (Phi) is 2.95. The van der Waals surface area contributed by atoms with Crippen LogP contribution in [-0.2, 0) is 0 Å². The molecular weight excluding hydrogens is 306 g/mol. The number of anilines is 1. The van der Waals surface area contributed by atoms with Crippen LogP contribution in [0, 0.1) is 0 Å². The van der Waals surface area contributed by atoms with Crippen LogP contribution in [-0.4, -0.2) is 25.7 Å². The predicted octanol–water partition coefficient (Wildman–Crippen LogP) is 3.11. The van der Waals surface area contributed by atoms with Crippen molar-refractivity contribution in [2.45, 2.75) is 43.9 Å². The molecule has 122 valence electrons. The second-order valence-electron chi connectivity index (χ2n) is 6.67. The van der Waals surface area contributed by atoms with Gasteiger partial charge in [0.25, 0.3) is 5.91 Å². The van der Waals surface area contributed by atoms with E-state index in [9.17, 15) is 4.79 Å². The van der Waals surface area contributed by atoms with Gasteiger partial charge in [-0.15, -0.1) is 10.2 Å². The number of carbonyl (C=O) groups excluding carboxylic acids is 1. The maximum atomic E-state index is 12.4. The molecule has 1 N–H and O–H groups in total. The lowest BCUT2D eigenvalue weighted by atomic mass is 9.85. The fourth-order valence-electron chi connectivity index (χ4n) is 3.08.